The fraction of sp³-hybridized carbons (Fsp3) is 0.625. The second kappa shape index (κ2) is 4.75. The Morgan fingerprint density at radius 3 is 3.25 bits per heavy atom. The zero-order valence-electron chi connectivity index (χ0n) is 6.80. The SMILES string of the molecule is C#CCNC(=O)C1CNCCO1. The lowest BCUT2D eigenvalue weighted by molar-refractivity contribution is -0.133. The summed E-state index contributed by atoms with van der Waals surface area (Å²) in [5.41, 5.74) is 0. The summed E-state index contributed by atoms with van der Waals surface area (Å²) in [6.45, 7) is 2.21. The van der Waals surface area contributed by atoms with Gasteiger partial charge in [-0.05, 0) is 0 Å². The van der Waals surface area contributed by atoms with E-state index >= 15 is 0 Å². The molecule has 0 aromatic carbocycles. The lowest BCUT2D eigenvalue weighted by Gasteiger charge is -2.22. The molecule has 1 heterocycles. The van der Waals surface area contributed by atoms with E-state index in [0.29, 0.717) is 13.2 Å². The van der Waals surface area contributed by atoms with E-state index in [2.05, 4.69) is 16.6 Å². The molecule has 0 aromatic heterocycles. The predicted octanol–water partition coefficient (Wildman–Crippen LogP) is -1.28. The number of carbonyl (C=O) groups is 1. The van der Waals surface area contributed by atoms with Gasteiger partial charge in [-0.3, -0.25) is 4.79 Å². The Hall–Kier alpha value is -1.05. The Balaban J connectivity index is 2.26. The molecule has 1 atom stereocenters. The normalized spacial score (nSPS) is 22.8. The highest BCUT2D eigenvalue weighted by molar-refractivity contribution is 5.81. The van der Waals surface area contributed by atoms with E-state index in [-0.39, 0.29) is 18.6 Å². The minimum Gasteiger partial charge on any atom is -0.366 e. The van der Waals surface area contributed by atoms with Gasteiger partial charge in [0.15, 0.2) is 0 Å². The predicted molar refractivity (Wildman–Crippen MR) is 44.5 cm³/mol. The molecular formula is C8H12N2O2. The van der Waals surface area contributed by atoms with Crippen LogP contribution in [0.3, 0.4) is 0 Å². The molecule has 0 saturated carbocycles. The van der Waals surface area contributed by atoms with Crippen molar-refractivity contribution in [2.24, 2.45) is 0 Å². The van der Waals surface area contributed by atoms with Gasteiger partial charge in [0.2, 0.25) is 0 Å². The molecule has 0 aromatic rings. The van der Waals surface area contributed by atoms with Crippen LogP contribution in [0.15, 0.2) is 0 Å². The van der Waals surface area contributed by atoms with Crippen LogP contribution < -0.4 is 10.6 Å². The van der Waals surface area contributed by atoms with Gasteiger partial charge in [0.05, 0.1) is 13.2 Å². The van der Waals surface area contributed by atoms with Crippen molar-refractivity contribution in [2.75, 3.05) is 26.2 Å². The van der Waals surface area contributed by atoms with Crippen LogP contribution in [-0.2, 0) is 9.53 Å². The summed E-state index contributed by atoms with van der Waals surface area (Å²) >= 11 is 0. The molecule has 0 spiro atoms. The smallest absolute Gasteiger partial charge is 0.251 e. The summed E-state index contributed by atoms with van der Waals surface area (Å²) in [5.74, 6) is 2.19. The highest BCUT2D eigenvalue weighted by atomic mass is 16.5. The van der Waals surface area contributed by atoms with Crippen LogP contribution >= 0.6 is 0 Å². The fourth-order valence-electron chi connectivity index (χ4n) is 0.986. The van der Waals surface area contributed by atoms with Crippen molar-refractivity contribution in [1.29, 1.82) is 0 Å². The molecule has 1 aliphatic heterocycles. The maximum atomic E-state index is 11.2. The van der Waals surface area contributed by atoms with Gasteiger partial charge in [-0.2, -0.15) is 0 Å². The van der Waals surface area contributed by atoms with Crippen molar-refractivity contribution >= 4 is 5.91 Å². The first kappa shape index (κ1) is 9.04. The van der Waals surface area contributed by atoms with E-state index in [1.807, 2.05) is 0 Å². The number of nitrogens with one attached hydrogen (secondary N) is 2. The van der Waals surface area contributed by atoms with E-state index in [9.17, 15) is 4.79 Å². The largest absolute Gasteiger partial charge is 0.366 e. The maximum Gasteiger partial charge on any atom is 0.251 e. The Morgan fingerprint density at radius 2 is 2.67 bits per heavy atom. The molecule has 1 saturated heterocycles. The maximum absolute atomic E-state index is 11.2. The van der Waals surface area contributed by atoms with E-state index in [0.717, 1.165) is 6.54 Å². The van der Waals surface area contributed by atoms with Gasteiger partial charge in [-0.1, -0.05) is 5.92 Å². The number of terminal acetylenes is 1. The van der Waals surface area contributed by atoms with E-state index in [1.54, 1.807) is 0 Å². The second-order valence-corrected chi connectivity index (χ2v) is 2.49. The molecule has 1 rings (SSSR count). The zero-order valence-corrected chi connectivity index (χ0v) is 6.80. The van der Waals surface area contributed by atoms with Crippen LogP contribution in [0.2, 0.25) is 0 Å². The molecule has 2 N–H and O–H groups in total. The van der Waals surface area contributed by atoms with Crippen LogP contribution in [0.5, 0.6) is 0 Å². The average Bonchev–Trinajstić information content (AvgIpc) is 2.15. The van der Waals surface area contributed by atoms with E-state index in [1.165, 1.54) is 0 Å². The third-order valence-corrected chi connectivity index (χ3v) is 1.58. The Morgan fingerprint density at radius 1 is 1.83 bits per heavy atom. The molecule has 1 amide bonds. The number of rotatable bonds is 2. The summed E-state index contributed by atoms with van der Waals surface area (Å²) in [7, 11) is 0. The first-order valence-corrected chi connectivity index (χ1v) is 3.88. The summed E-state index contributed by atoms with van der Waals surface area (Å²) < 4.78 is 5.19. The molecule has 12 heavy (non-hydrogen) atoms. The third kappa shape index (κ3) is 2.53. The van der Waals surface area contributed by atoms with Gasteiger partial charge in [-0.25, -0.2) is 0 Å². The van der Waals surface area contributed by atoms with Crippen LogP contribution in [0.1, 0.15) is 0 Å². The van der Waals surface area contributed by atoms with Crippen LogP contribution in [0.25, 0.3) is 0 Å². The van der Waals surface area contributed by atoms with Crippen LogP contribution in [0.4, 0.5) is 0 Å². The third-order valence-electron chi connectivity index (χ3n) is 1.58. The molecule has 1 aliphatic rings. The average molecular weight is 168 g/mol. The molecule has 0 radical (unpaired) electrons. The summed E-state index contributed by atoms with van der Waals surface area (Å²) in [5, 5.41) is 5.62. The monoisotopic (exact) mass is 168 g/mol. The molecule has 0 aliphatic carbocycles. The number of hydrogen-bond acceptors (Lipinski definition) is 3. The minimum atomic E-state index is -0.382. The van der Waals surface area contributed by atoms with Gasteiger partial charge in [0, 0.05) is 13.1 Å². The number of morpholine rings is 1. The van der Waals surface area contributed by atoms with Gasteiger partial charge >= 0.3 is 0 Å². The van der Waals surface area contributed by atoms with Gasteiger partial charge < -0.3 is 15.4 Å². The van der Waals surface area contributed by atoms with Gasteiger partial charge in [-0.15, -0.1) is 6.42 Å². The van der Waals surface area contributed by atoms with Crippen molar-refractivity contribution in [1.82, 2.24) is 10.6 Å². The number of carbonyl (C=O) groups excluding carboxylic acids is 1. The lowest BCUT2D eigenvalue weighted by Crippen LogP contribution is -2.47. The van der Waals surface area contributed by atoms with Crippen molar-refractivity contribution in [3.05, 3.63) is 0 Å². The minimum absolute atomic E-state index is 0.139. The number of hydrogen-bond donors (Lipinski definition) is 2. The van der Waals surface area contributed by atoms with Crippen molar-refractivity contribution in [3.8, 4) is 12.3 Å². The van der Waals surface area contributed by atoms with Crippen LogP contribution in [-0.4, -0.2) is 38.3 Å². The molecule has 4 nitrogen and oxygen atoms in total. The van der Waals surface area contributed by atoms with Crippen molar-refractivity contribution < 1.29 is 9.53 Å². The first-order valence-electron chi connectivity index (χ1n) is 3.88. The van der Waals surface area contributed by atoms with E-state index in [4.69, 9.17) is 11.2 Å². The first-order chi connectivity index (χ1) is 5.84. The van der Waals surface area contributed by atoms with E-state index < -0.39 is 0 Å². The Labute approximate surface area is 71.7 Å². The second-order valence-electron chi connectivity index (χ2n) is 2.49. The highest BCUT2D eigenvalue weighted by Crippen LogP contribution is 1.94. The molecule has 66 valence electrons. The zero-order chi connectivity index (χ0) is 8.81. The molecule has 1 unspecified atom stereocenters. The molecule has 4 heteroatoms. The van der Waals surface area contributed by atoms with Crippen molar-refractivity contribution in [3.63, 3.8) is 0 Å². The van der Waals surface area contributed by atoms with Gasteiger partial charge in [0.1, 0.15) is 6.10 Å². The highest BCUT2D eigenvalue weighted by Gasteiger charge is 2.20. The standard InChI is InChI=1S/C8H12N2O2/c1-2-3-10-8(11)7-6-9-4-5-12-7/h1,7,9H,3-6H2,(H,10,11). The number of amides is 1. The Bertz CT molecular complexity index is 192. The summed E-state index contributed by atoms with van der Waals surface area (Å²) in [6, 6.07) is 0. The summed E-state index contributed by atoms with van der Waals surface area (Å²) in [4.78, 5) is 11.2. The fourth-order valence-corrected chi connectivity index (χ4v) is 0.986. The topological polar surface area (TPSA) is 50.4 Å². The van der Waals surface area contributed by atoms with Gasteiger partial charge in [0.25, 0.3) is 5.91 Å². The molecule has 1 fully saturated rings. The molecular weight excluding hydrogens is 156 g/mol. The quantitative estimate of drug-likeness (QED) is 0.505. The molecule has 0 bridgehead atoms. The Kier molecular flexibility index (Phi) is 3.58. The summed E-state index contributed by atoms with van der Waals surface area (Å²) in [6.07, 6.45) is 4.60. The lowest BCUT2D eigenvalue weighted by atomic mass is 10.3. The van der Waals surface area contributed by atoms with Crippen molar-refractivity contribution in [2.45, 2.75) is 6.10 Å². The van der Waals surface area contributed by atoms with Crippen LogP contribution in [0, 0.1) is 12.3 Å². The number of ether oxygens (including phenoxy) is 1.